The molecule has 0 saturated carbocycles. The Labute approximate surface area is 141 Å². The summed E-state index contributed by atoms with van der Waals surface area (Å²) in [6.07, 6.45) is 2.90. The van der Waals surface area contributed by atoms with E-state index in [0.29, 0.717) is 32.0 Å². The number of carbonyl (C=O) groups excluding carboxylic acids is 2. The molecular weight excluding hydrogens is 314 g/mol. The molecule has 0 unspecified atom stereocenters. The third-order valence-electron chi connectivity index (χ3n) is 4.65. The minimum atomic E-state index is -0.853. The van der Waals surface area contributed by atoms with Crippen LogP contribution in [0.3, 0.4) is 0 Å². The number of nitrogens with one attached hydrogen (secondary N) is 1. The van der Waals surface area contributed by atoms with E-state index in [9.17, 15) is 18.4 Å². The second-order valence-electron chi connectivity index (χ2n) is 6.21. The lowest BCUT2D eigenvalue weighted by Crippen LogP contribution is -2.45. The minimum Gasteiger partial charge on any atom is -0.353 e. The summed E-state index contributed by atoms with van der Waals surface area (Å²) in [6.45, 7) is 4.87. The average molecular weight is 338 g/mol. The molecule has 1 heterocycles. The molecule has 1 aromatic rings. The fraction of sp³-hybridized carbons (Fsp3) is 0.556. The highest BCUT2D eigenvalue weighted by molar-refractivity contribution is 5.94. The summed E-state index contributed by atoms with van der Waals surface area (Å²) in [5.41, 5.74) is -0.128. The van der Waals surface area contributed by atoms with Gasteiger partial charge in [-0.3, -0.25) is 9.59 Å². The van der Waals surface area contributed by atoms with E-state index in [1.54, 1.807) is 0 Å². The molecule has 132 valence electrons. The Morgan fingerprint density at radius 3 is 2.38 bits per heavy atom. The number of hydrogen-bond acceptors (Lipinski definition) is 2. The zero-order chi connectivity index (χ0) is 17.7. The summed E-state index contributed by atoms with van der Waals surface area (Å²) in [5.74, 6) is -2.10. The minimum absolute atomic E-state index is 0.0313. The summed E-state index contributed by atoms with van der Waals surface area (Å²) in [7, 11) is 0. The molecule has 0 aliphatic carbocycles. The van der Waals surface area contributed by atoms with E-state index in [1.165, 1.54) is 11.0 Å². The molecule has 0 radical (unpaired) electrons. The van der Waals surface area contributed by atoms with Gasteiger partial charge in [0, 0.05) is 31.1 Å². The van der Waals surface area contributed by atoms with Crippen LogP contribution in [0.25, 0.3) is 0 Å². The highest BCUT2D eigenvalue weighted by Crippen LogP contribution is 2.21. The maximum atomic E-state index is 13.7. The standard InChI is InChI=1S/C18H24F2N2O2/c1-3-14(4-2)21-17(23)12-7-9-22(10-8-12)18(24)15-6-5-13(19)11-16(15)20/h5-6,11-12,14H,3-4,7-10H2,1-2H3,(H,21,23). The van der Waals surface area contributed by atoms with Crippen molar-refractivity contribution < 1.29 is 18.4 Å². The Morgan fingerprint density at radius 2 is 1.83 bits per heavy atom. The van der Waals surface area contributed by atoms with Gasteiger partial charge in [-0.1, -0.05) is 13.8 Å². The number of likely N-dealkylation sites (tertiary alicyclic amines) is 1. The molecule has 0 bridgehead atoms. The zero-order valence-electron chi connectivity index (χ0n) is 14.1. The molecule has 1 fully saturated rings. The molecule has 1 N–H and O–H groups in total. The van der Waals surface area contributed by atoms with Crippen LogP contribution in [0, 0.1) is 17.6 Å². The first kappa shape index (κ1) is 18.4. The van der Waals surface area contributed by atoms with Crippen LogP contribution in [-0.2, 0) is 4.79 Å². The molecule has 0 aromatic heterocycles. The van der Waals surface area contributed by atoms with Crippen molar-refractivity contribution in [2.24, 2.45) is 5.92 Å². The molecule has 1 aliphatic rings. The van der Waals surface area contributed by atoms with Crippen LogP contribution in [0.5, 0.6) is 0 Å². The molecule has 24 heavy (non-hydrogen) atoms. The number of rotatable bonds is 5. The molecule has 0 spiro atoms. The number of carbonyl (C=O) groups is 2. The van der Waals surface area contributed by atoms with Crippen LogP contribution in [0.4, 0.5) is 8.78 Å². The molecule has 0 atom stereocenters. The molecular formula is C18H24F2N2O2. The maximum Gasteiger partial charge on any atom is 0.256 e. The van der Waals surface area contributed by atoms with Crippen LogP contribution < -0.4 is 5.32 Å². The van der Waals surface area contributed by atoms with Crippen molar-refractivity contribution in [2.75, 3.05) is 13.1 Å². The SMILES string of the molecule is CCC(CC)NC(=O)C1CCN(C(=O)c2ccc(F)cc2F)CC1. The zero-order valence-corrected chi connectivity index (χ0v) is 14.1. The average Bonchev–Trinajstić information content (AvgIpc) is 2.59. The molecule has 4 nitrogen and oxygen atoms in total. The van der Waals surface area contributed by atoms with Gasteiger partial charge in [0.25, 0.3) is 5.91 Å². The summed E-state index contributed by atoms with van der Waals surface area (Å²) >= 11 is 0. The van der Waals surface area contributed by atoms with Crippen molar-refractivity contribution in [3.8, 4) is 0 Å². The van der Waals surface area contributed by atoms with Crippen LogP contribution in [0.1, 0.15) is 49.9 Å². The van der Waals surface area contributed by atoms with Gasteiger partial charge in [-0.15, -0.1) is 0 Å². The Morgan fingerprint density at radius 1 is 1.21 bits per heavy atom. The molecule has 1 saturated heterocycles. The second-order valence-corrected chi connectivity index (χ2v) is 6.21. The van der Waals surface area contributed by atoms with Gasteiger partial charge in [0.15, 0.2) is 0 Å². The van der Waals surface area contributed by atoms with Crippen LogP contribution in [0.15, 0.2) is 18.2 Å². The van der Waals surface area contributed by atoms with Crippen molar-refractivity contribution in [3.05, 3.63) is 35.4 Å². The smallest absolute Gasteiger partial charge is 0.256 e. The molecule has 6 heteroatoms. The first-order valence-corrected chi connectivity index (χ1v) is 8.50. The third kappa shape index (κ3) is 4.30. The number of amides is 2. The monoisotopic (exact) mass is 338 g/mol. The van der Waals surface area contributed by atoms with E-state index in [-0.39, 0.29) is 23.4 Å². The van der Waals surface area contributed by atoms with Crippen molar-refractivity contribution in [1.82, 2.24) is 10.2 Å². The number of benzene rings is 1. The summed E-state index contributed by atoms with van der Waals surface area (Å²) in [5, 5.41) is 3.03. The Bertz CT molecular complexity index is 595. The van der Waals surface area contributed by atoms with E-state index in [0.717, 1.165) is 18.9 Å². The number of hydrogen-bond donors (Lipinski definition) is 1. The van der Waals surface area contributed by atoms with Crippen molar-refractivity contribution in [1.29, 1.82) is 0 Å². The van der Waals surface area contributed by atoms with E-state index in [4.69, 9.17) is 0 Å². The van der Waals surface area contributed by atoms with Gasteiger partial charge in [0.2, 0.25) is 5.91 Å². The highest BCUT2D eigenvalue weighted by atomic mass is 19.1. The van der Waals surface area contributed by atoms with E-state index in [1.807, 2.05) is 13.8 Å². The number of piperidine rings is 1. The van der Waals surface area contributed by atoms with Crippen LogP contribution in [-0.4, -0.2) is 35.8 Å². The fourth-order valence-electron chi connectivity index (χ4n) is 2.99. The van der Waals surface area contributed by atoms with Gasteiger partial charge in [0.05, 0.1) is 5.56 Å². The van der Waals surface area contributed by atoms with Gasteiger partial charge in [0.1, 0.15) is 11.6 Å². The molecule has 1 aromatic carbocycles. The molecule has 2 amide bonds. The van der Waals surface area contributed by atoms with Crippen LogP contribution in [0.2, 0.25) is 0 Å². The Hall–Kier alpha value is -1.98. The second kappa shape index (κ2) is 8.22. The van der Waals surface area contributed by atoms with Gasteiger partial charge < -0.3 is 10.2 Å². The largest absolute Gasteiger partial charge is 0.353 e. The molecule has 1 aliphatic heterocycles. The van der Waals surface area contributed by atoms with E-state index >= 15 is 0 Å². The van der Waals surface area contributed by atoms with Gasteiger partial charge in [-0.2, -0.15) is 0 Å². The van der Waals surface area contributed by atoms with Gasteiger partial charge >= 0.3 is 0 Å². The first-order chi connectivity index (χ1) is 11.5. The maximum absolute atomic E-state index is 13.7. The predicted octanol–water partition coefficient (Wildman–Crippen LogP) is 3.12. The van der Waals surface area contributed by atoms with Crippen molar-refractivity contribution in [2.45, 2.75) is 45.6 Å². The topological polar surface area (TPSA) is 49.4 Å². The van der Waals surface area contributed by atoms with Gasteiger partial charge in [-0.05, 0) is 37.8 Å². The summed E-state index contributed by atoms with van der Waals surface area (Å²) in [4.78, 5) is 26.1. The summed E-state index contributed by atoms with van der Waals surface area (Å²) in [6, 6.07) is 3.14. The Balaban J connectivity index is 1.92. The Kier molecular flexibility index (Phi) is 6.29. The lowest BCUT2D eigenvalue weighted by molar-refractivity contribution is -0.127. The van der Waals surface area contributed by atoms with Crippen LogP contribution >= 0.6 is 0 Å². The van der Waals surface area contributed by atoms with Gasteiger partial charge in [-0.25, -0.2) is 8.78 Å². The quantitative estimate of drug-likeness (QED) is 0.897. The highest BCUT2D eigenvalue weighted by Gasteiger charge is 2.29. The van der Waals surface area contributed by atoms with Crippen molar-refractivity contribution in [3.63, 3.8) is 0 Å². The number of halogens is 2. The predicted molar refractivity (Wildman–Crippen MR) is 87.5 cm³/mol. The normalized spacial score (nSPS) is 15.6. The number of nitrogens with zero attached hydrogens (tertiary/aromatic N) is 1. The van der Waals surface area contributed by atoms with E-state index < -0.39 is 17.5 Å². The lowest BCUT2D eigenvalue weighted by Gasteiger charge is -2.32. The first-order valence-electron chi connectivity index (χ1n) is 8.50. The third-order valence-corrected chi connectivity index (χ3v) is 4.65. The fourth-order valence-corrected chi connectivity index (χ4v) is 2.99. The van der Waals surface area contributed by atoms with E-state index in [2.05, 4.69) is 5.32 Å². The van der Waals surface area contributed by atoms with Crippen molar-refractivity contribution >= 4 is 11.8 Å². The molecule has 2 rings (SSSR count). The summed E-state index contributed by atoms with van der Waals surface area (Å²) < 4.78 is 26.7. The lowest BCUT2D eigenvalue weighted by atomic mass is 9.94.